The molecule has 0 unspecified atom stereocenters. The van der Waals surface area contributed by atoms with Crippen molar-refractivity contribution in [1.82, 2.24) is 9.88 Å². The molecule has 1 saturated heterocycles. The summed E-state index contributed by atoms with van der Waals surface area (Å²) in [5, 5.41) is 14.1. The molecule has 0 radical (unpaired) electrons. The first-order valence-electron chi connectivity index (χ1n) is 13.6. The van der Waals surface area contributed by atoms with Crippen molar-refractivity contribution in [3.63, 3.8) is 0 Å². The van der Waals surface area contributed by atoms with Crippen LogP contribution < -0.4 is 15.0 Å². The largest absolute Gasteiger partial charge is 0.474 e. The number of rotatable bonds is 8. The Bertz CT molecular complexity index is 1340. The quantitative estimate of drug-likeness (QED) is 0.193. The van der Waals surface area contributed by atoms with Gasteiger partial charge in [0.1, 0.15) is 23.3 Å². The molecule has 3 aromatic rings. The fraction of sp³-hybridized carbons (Fsp3) is 0.414. The van der Waals surface area contributed by atoms with Gasteiger partial charge < -0.3 is 15.0 Å². The third-order valence-corrected chi connectivity index (χ3v) is 7.56. The molecule has 1 saturated carbocycles. The number of alkyl halides is 3. The lowest BCUT2D eigenvalue weighted by Crippen LogP contribution is -2.46. The van der Waals surface area contributed by atoms with Gasteiger partial charge in [-0.3, -0.25) is 15.0 Å². The summed E-state index contributed by atoms with van der Waals surface area (Å²) in [6.07, 6.45) is -2.12. The molecule has 8 nitrogen and oxygen atoms in total. The summed E-state index contributed by atoms with van der Waals surface area (Å²) in [6.45, 7) is 4.12. The van der Waals surface area contributed by atoms with Gasteiger partial charge in [-0.25, -0.2) is 4.39 Å². The monoisotopic (exact) mass is 573 g/mol. The van der Waals surface area contributed by atoms with Crippen molar-refractivity contribution in [3.05, 3.63) is 87.7 Å². The lowest BCUT2D eigenvalue weighted by atomic mass is 9.92. The summed E-state index contributed by atoms with van der Waals surface area (Å²) in [4.78, 5) is 19.2. The van der Waals surface area contributed by atoms with E-state index in [0.29, 0.717) is 31.6 Å². The highest BCUT2D eigenvalue weighted by Crippen LogP contribution is 2.38. The number of anilines is 2. The molecule has 1 aromatic heterocycles. The lowest BCUT2D eigenvalue weighted by Gasteiger charge is -2.35. The number of halogens is 4. The molecule has 41 heavy (non-hydrogen) atoms. The number of aromatic nitrogens is 1. The number of nitro benzene ring substituents is 1. The molecular weight excluding hydrogens is 542 g/mol. The molecule has 2 aliphatic rings. The van der Waals surface area contributed by atoms with Gasteiger partial charge in [-0.05, 0) is 61.6 Å². The lowest BCUT2D eigenvalue weighted by molar-refractivity contribution is -0.388. The standard InChI is InChI=1S/C29H31F4N5O3/c30-21-6-4-20(5-7-21)19-36-14-16-37(17-15-36)27-2-1-3-28(35-27)41-24-11-8-22(9-12-24)34-23-10-13-26(38(39)40)25(18-23)29(31,32)33/h1-7,10,13,18,22,24,34H,8-9,11-12,14-17,19H2/t22-,24-. The van der Waals surface area contributed by atoms with E-state index in [-0.39, 0.29) is 23.7 Å². The molecule has 0 bridgehead atoms. The number of ether oxygens (including phenoxy) is 1. The van der Waals surface area contributed by atoms with Gasteiger partial charge in [-0.2, -0.15) is 18.2 Å². The summed E-state index contributed by atoms with van der Waals surface area (Å²) < 4.78 is 59.3. The van der Waals surface area contributed by atoms with E-state index in [1.54, 1.807) is 0 Å². The Morgan fingerprint density at radius 2 is 1.68 bits per heavy atom. The fourth-order valence-corrected chi connectivity index (χ4v) is 5.37. The summed E-state index contributed by atoms with van der Waals surface area (Å²) in [5.41, 5.74) is -0.928. The molecule has 5 rings (SSSR count). The van der Waals surface area contributed by atoms with E-state index in [2.05, 4.69) is 15.1 Å². The van der Waals surface area contributed by atoms with E-state index in [4.69, 9.17) is 9.72 Å². The van der Waals surface area contributed by atoms with Crippen molar-refractivity contribution in [2.24, 2.45) is 0 Å². The van der Waals surface area contributed by atoms with Crippen LogP contribution in [-0.2, 0) is 12.7 Å². The Morgan fingerprint density at radius 1 is 0.976 bits per heavy atom. The average molecular weight is 574 g/mol. The number of nitro groups is 1. The summed E-state index contributed by atoms with van der Waals surface area (Å²) in [5.74, 6) is 1.15. The first kappa shape index (κ1) is 28.6. The van der Waals surface area contributed by atoms with Crippen LogP contribution in [0.5, 0.6) is 5.88 Å². The van der Waals surface area contributed by atoms with E-state index in [9.17, 15) is 27.7 Å². The third kappa shape index (κ3) is 7.43. The molecule has 2 aromatic carbocycles. The van der Waals surface area contributed by atoms with Gasteiger partial charge in [-0.1, -0.05) is 18.2 Å². The van der Waals surface area contributed by atoms with Gasteiger partial charge in [0, 0.05) is 56.6 Å². The van der Waals surface area contributed by atoms with Crippen LogP contribution >= 0.6 is 0 Å². The molecule has 218 valence electrons. The van der Waals surface area contributed by atoms with Crippen molar-refractivity contribution in [2.45, 2.75) is 50.6 Å². The number of benzene rings is 2. The minimum Gasteiger partial charge on any atom is -0.474 e. The maximum Gasteiger partial charge on any atom is 0.423 e. The topological polar surface area (TPSA) is 83.8 Å². The molecule has 1 aliphatic heterocycles. The van der Waals surface area contributed by atoms with Gasteiger partial charge in [0.2, 0.25) is 5.88 Å². The van der Waals surface area contributed by atoms with Gasteiger partial charge >= 0.3 is 6.18 Å². The molecular formula is C29H31F4N5O3. The number of piperazine rings is 1. The average Bonchev–Trinajstić information content (AvgIpc) is 2.95. The highest BCUT2D eigenvalue weighted by atomic mass is 19.4. The highest BCUT2D eigenvalue weighted by Gasteiger charge is 2.38. The van der Waals surface area contributed by atoms with Crippen LogP contribution in [0, 0.1) is 15.9 Å². The molecule has 2 fully saturated rings. The minimum atomic E-state index is -4.81. The molecule has 1 aliphatic carbocycles. The fourth-order valence-electron chi connectivity index (χ4n) is 5.37. The Labute approximate surface area is 235 Å². The van der Waals surface area contributed by atoms with Crippen molar-refractivity contribution in [2.75, 3.05) is 36.4 Å². The van der Waals surface area contributed by atoms with E-state index in [0.717, 1.165) is 56.2 Å². The van der Waals surface area contributed by atoms with Crippen molar-refractivity contribution >= 4 is 17.2 Å². The number of hydrogen-bond donors (Lipinski definition) is 1. The van der Waals surface area contributed by atoms with Crippen LogP contribution in [0.4, 0.5) is 34.8 Å². The minimum absolute atomic E-state index is 0.0639. The van der Waals surface area contributed by atoms with Crippen molar-refractivity contribution in [1.29, 1.82) is 0 Å². The highest BCUT2D eigenvalue weighted by molar-refractivity contribution is 5.55. The van der Waals surface area contributed by atoms with E-state index >= 15 is 0 Å². The summed E-state index contributed by atoms with van der Waals surface area (Å²) >= 11 is 0. The van der Waals surface area contributed by atoms with Gasteiger partial charge in [0.15, 0.2) is 0 Å². The Hall–Kier alpha value is -3.93. The SMILES string of the molecule is O=[N+]([O-])c1ccc(N[C@H]2CC[C@H](Oc3cccc(N4CCN(Cc5ccc(F)cc5)CC4)n3)CC2)cc1C(F)(F)F. The van der Waals surface area contributed by atoms with E-state index < -0.39 is 22.4 Å². The second kappa shape index (κ2) is 12.3. The van der Waals surface area contributed by atoms with Crippen LogP contribution in [0.1, 0.15) is 36.8 Å². The second-order valence-corrected chi connectivity index (χ2v) is 10.4. The van der Waals surface area contributed by atoms with Gasteiger partial charge in [0.05, 0.1) is 4.92 Å². The normalized spacial score (nSPS) is 20.0. The summed E-state index contributed by atoms with van der Waals surface area (Å²) in [6, 6.07) is 15.2. The smallest absolute Gasteiger partial charge is 0.423 e. The maximum atomic E-state index is 13.3. The Kier molecular flexibility index (Phi) is 8.57. The molecule has 0 spiro atoms. The van der Waals surface area contributed by atoms with Gasteiger partial charge in [0.25, 0.3) is 5.69 Å². The first-order valence-corrected chi connectivity index (χ1v) is 13.6. The van der Waals surface area contributed by atoms with Crippen LogP contribution in [0.3, 0.4) is 0 Å². The van der Waals surface area contributed by atoms with Crippen molar-refractivity contribution < 1.29 is 27.2 Å². The molecule has 0 amide bonds. The zero-order chi connectivity index (χ0) is 29.0. The predicted molar refractivity (Wildman–Crippen MR) is 147 cm³/mol. The number of pyridine rings is 1. The van der Waals surface area contributed by atoms with Crippen LogP contribution in [-0.4, -0.2) is 53.1 Å². The Balaban J connectivity index is 1.10. The van der Waals surface area contributed by atoms with Crippen LogP contribution in [0.2, 0.25) is 0 Å². The van der Waals surface area contributed by atoms with Crippen molar-refractivity contribution in [3.8, 4) is 5.88 Å². The summed E-state index contributed by atoms with van der Waals surface area (Å²) in [7, 11) is 0. The first-order chi connectivity index (χ1) is 19.6. The predicted octanol–water partition coefficient (Wildman–Crippen LogP) is 6.27. The zero-order valence-electron chi connectivity index (χ0n) is 22.3. The van der Waals surface area contributed by atoms with E-state index in [1.165, 1.54) is 18.2 Å². The third-order valence-electron chi connectivity index (χ3n) is 7.56. The molecule has 1 N–H and O–H groups in total. The zero-order valence-corrected chi connectivity index (χ0v) is 22.3. The number of hydrogen-bond acceptors (Lipinski definition) is 7. The van der Waals surface area contributed by atoms with E-state index in [1.807, 2.05) is 30.3 Å². The number of nitrogens with zero attached hydrogens (tertiary/aromatic N) is 4. The Morgan fingerprint density at radius 3 is 2.34 bits per heavy atom. The second-order valence-electron chi connectivity index (χ2n) is 10.4. The number of nitrogens with one attached hydrogen (secondary N) is 1. The maximum absolute atomic E-state index is 13.3. The molecule has 0 atom stereocenters. The van der Waals surface area contributed by atoms with Crippen LogP contribution in [0.15, 0.2) is 60.7 Å². The van der Waals surface area contributed by atoms with Gasteiger partial charge in [-0.15, -0.1) is 0 Å². The molecule has 2 heterocycles. The van der Waals surface area contributed by atoms with Crippen LogP contribution in [0.25, 0.3) is 0 Å². The molecule has 12 heteroatoms.